The Bertz CT molecular complexity index is 552. The molecule has 20 heavy (non-hydrogen) atoms. The Morgan fingerprint density at radius 2 is 2.20 bits per heavy atom. The molecule has 0 aliphatic carbocycles. The SMILES string of the molecule is Cc1ccc(F)c(NC(=O)N2C(C)SCC2C(=O)O)c1. The second-order valence-electron chi connectivity index (χ2n) is 4.61. The molecule has 108 valence electrons. The van der Waals surface area contributed by atoms with Gasteiger partial charge in [-0.2, -0.15) is 0 Å². The third kappa shape index (κ3) is 2.87. The van der Waals surface area contributed by atoms with E-state index in [0.717, 1.165) is 5.56 Å². The Hall–Kier alpha value is -1.76. The zero-order chi connectivity index (χ0) is 14.9. The zero-order valence-corrected chi connectivity index (χ0v) is 11.9. The lowest BCUT2D eigenvalue weighted by atomic mass is 10.2. The van der Waals surface area contributed by atoms with Gasteiger partial charge in [-0.3, -0.25) is 4.90 Å². The second kappa shape index (κ2) is 5.70. The summed E-state index contributed by atoms with van der Waals surface area (Å²) in [6.45, 7) is 3.53. The van der Waals surface area contributed by atoms with Crippen molar-refractivity contribution in [3.63, 3.8) is 0 Å². The molecular formula is C13H15FN2O3S. The van der Waals surface area contributed by atoms with Crippen LogP contribution in [0.5, 0.6) is 0 Å². The quantitative estimate of drug-likeness (QED) is 0.880. The van der Waals surface area contributed by atoms with Gasteiger partial charge in [0.25, 0.3) is 0 Å². The molecule has 1 fully saturated rings. The van der Waals surface area contributed by atoms with E-state index in [0.29, 0.717) is 5.75 Å². The van der Waals surface area contributed by atoms with Crippen LogP contribution in [0.15, 0.2) is 18.2 Å². The highest BCUT2D eigenvalue weighted by molar-refractivity contribution is 8.00. The molecule has 1 aliphatic rings. The van der Waals surface area contributed by atoms with Crippen molar-refractivity contribution < 1.29 is 19.1 Å². The zero-order valence-electron chi connectivity index (χ0n) is 11.1. The van der Waals surface area contributed by atoms with E-state index in [-0.39, 0.29) is 11.1 Å². The van der Waals surface area contributed by atoms with Crippen molar-refractivity contribution in [2.24, 2.45) is 0 Å². The fourth-order valence-corrected chi connectivity index (χ4v) is 3.22. The van der Waals surface area contributed by atoms with Gasteiger partial charge in [-0.05, 0) is 31.5 Å². The molecule has 0 radical (unpaired) electrons. The number of rotatable bonds is 2. The van der Waals surface area contributed by atoms with Gasteiger partial charge in [-0.25, -0.2) is 14.0 Å². The number of aryl methyl sites for hydroxylation is 1. The number of carboxylic acid groups (broad SMARTS) is 1. The number of carbonyl (C=O) groups is 2. The summed E-state index contributed by atoms with van der Waals surface area (Å²) in [5.74, 6) is -1.27. The van der Waals surface area contributed by atoms with Gasteiger partial charge in [-0.1, -0.05) is 6.07 Å². The average molecular weight is 298 g/mol. The predicted molar refractivity (Wildman–Crippen MR) is 75.3 cm³/mol. The molecule has 2 amide bonds. The van der Waals surface area contributed by atoms with Crippen LogP contribution in [0.3, 0.4) is 0 Å². The van der Waals surface area contributed by atoms with Gasteiger partial charge in [0.05, 0.1) is 11.1 Å². The number of nitrogens with one attached hydrogen (secondary N) is 1. The number of halogens is 1. The van der Waals surface area contributed by atoms with Gasteiger partial charge < -0.3 is 10.4 Å². The number of urea groups is 1. The number of nitrogens with zero attached hydrogens (tertiary/aromatic N) is 1. The first kappa shape index (κ1) is 14.6. The number of hydrogen-bond donors (Lipinski definition) is 2. The topological polar surface area (TPSA) is 69.6 Å². The molecule has 2 unspecified atom stereocenters. The third-order valence-corrected chi connectivity index (χ3v) is 4.32. The third-order valence-electron chi connectivity index (χ3n) is 3.11. The molecule has 2 N–H and O–H groups in total. The molecule has 5 nitrogen and oxygen atoms in total. The lowest BCUT2D eigenvalue weighted by molar-refractivity contribution is -0.141. The maximum atomic E-state index is 13.6. The number of carboxylic acids is 1. The number of anilines is 1. The molecule has 1 aromatic rings. The summed E-state index contributed by atoms with van der Waals surface area (Å²) in [5.41, 5.74) is 0.864. The summed E-state index contributed by atoms with van der Waals surface area (Å²) < 4.78 is 13.6. The minimum absolute atomic E-state index is 0.0586. The molecule has 1 aromatic carbocycles. The molecule has 0 aromatic heterocycles. The van der Waals surface area contributed by atoms with Crippen molar-refractivity contribution in [3.05, 3.63) is 29.6 Å². The smallest absolute Gasteiger partial charge is 0.327 e. The Balaban J connectivity index is 2.18. The number of thioether (sulfide) groups is 1. The monoisotopic (exact) mass is 298 g/mol. The van der Waals surface area contributed by atoms with Crippen molar-refractivity contribution in [2.75, 3.05) is 11.1 Å². The van der Waals surface area contributed by atoms with Crippen molar-refractivity contribution in [2.45, 2.75) is 25.3 Å². The van der Waals surface area contributed by atoms with E-state index in [9.17, 15) is 14.0 Å². The highest BCUT2D eigenvalue weighted by atomic mass is 32.2. The summed E-state index contributed by atoms with van der Waals surface area (Å²) in [6.07, 6.45) is 0. The van der Waals surface area contributed by atoms with Gasteiger partial charge in [-0.15, -0.1) is 11.8 Å². The van der Waals surface area contributed by atoms with Crippen LogP contribution in [-0.2, 0) is 4.79 Å². The molecule has 7 heteroatoms. The summed E-state index contributed by atoms with van der Waals surface area (Å²) in [7, 11) is 0. The molecule has 1 heterocycles. The minimum Gasteiger partial charge on any atom is -0.480 e. The lowest BCUT2D eigenvalue weighted by Gasteiger charge is -2.25. The summed E-state index contributed by atoms with van der Waals surface area (Å²) >= 11 is 1.38. The van der Waals surface area contributed by atoms with Gasteiger partial charge in [0, 0.05) is 5.75 Å². The minimum atomic E-state index is -1.05. The van der Waals surface area contributed by atoms with Gasteiger partial charge >= 0.3 is 12.0 Å². The van der Waals surface area contributed by atoms with Crippen LogP contribution in [0.1, 0.15) is 12.5 Å². The molecule has 0 bridgehead atoms. The average Bonchev–Trinajstić information content (AvgIpc) is 2.76. The van der Waals surface area contributed by atoms with Crippen LogP contribution in [0.2, 0.25) is 0 Å². The molecular weight excluding hydrogens is 283 g/mol. The highest BCUT2D eigenvalue weighted by Crippen LogP contribution is 2.29. The number of carbonyl (C=O) groups excluding carboxylic acids is 1. The molecule has 0 spiro atoms. The van der Waals surface area contributed by atoms with Crippen molar-refractivity contribution in [1.29, 1.82) is 0 Å². The van der Waals surface area contributed by atoms with E-state index >= 15 is 0 Å². The van der Waals surface area contributed by atoms with E-state index in [1.54, 1.807) is 19.9 Å². The Kier molecular flexibility index (Phi) is 4.17. The van der Waals surface area contributed by atoms with E-state index in [1.807, 2.05) is 0 Å². The van der Waals surface area contributed by atoms with Crippen LogP contribution in [-0.4, -0.2) is 39.2 Å². The first-order valence-electron chi connectivity index (χ1n) is 6.10. The maximum absolute atomic E-state index is 13.6. The van der Waals surface area contributed by atoms with Gasteiger partial charge in [0.1, 0.15) is 11.9 Å². The van der Waals surface area contributed by atoms with Gasteiger partial charge in [0.15, 0.2) is 0 Å². The summed E-state index contributed by atoms with van der Waals surface area (Å²) in [4.78, 5) is 24.5. The number of amides is 2. The van der Waals surface area contributed by atoms with Crippen LogP contribution < -0.4 is 5.32 Å². The van der Waals surface area contributed by atoms with Gasteiger partial charge in [0.2, 0.25) is 0 Å². The van der Waals surface area contributed by atoms with E-state index in [2.05, 4.69) is 5.32 Å². The van der Waals surface area contributed by atoms with E-state index < -0.39 is 23.9 Å². The van der Waals surface area contributed by atoms with E-state index in [1.165, 1.54) is 28.8 Å². The van der Waals surface area contributed by atoms with Crippen LogP contribution >= 0.6 is 11.8 Å². The largest absolute Gasteiger partial charge is 0.480 e. The van der Waals surface area contributed by atoms with Crippen molar-refractivity contribution in [1.82, 2.24) is 4.90 Å². The second-order valence-corrected chi connectivity index (χ2v) is 5.96. The number of hydrogen-bond acceptors (Lipinski definition) is 3. The Labute approximate surface area is 120 Å². The highest BCUT2D eigenvalue weighted by Gasteiger charge is 2.39. The summed E-state index contributed by atoms with van der Waals surface area (Å²) in [6, 6.07) is 2.89. The van der Waals surface area contributed by atoms with Crippen LogP contribution in [0.4, 0.5) is 14.9 Å². The van der Waals surface area contributed by atoms with Crippen molar-refractivity contribution in [3.8, 4) is 0 Å². The Morgan fingerprint density at radius 3 is 2.85 bits per heavy atom. The number of benzene rings is 1. The molecule has 1 aliphatic heterocycles. The standard InChI is InChI=1S/C13H15FN2O3S/c1-7-3-4-9(14)10(5-7)15-13(19)16-8(2)20-6-11(16)12(17)18/h3-5,8,11H,6H2,1-2H3,(H,15,19)(H,17,18). The molecule has 0 saturated carbocycles. The van der Waals surface area contributed by atoms with Crippen LogP contribution in [0, 0.1) is 12.7 Å². The molecule has 1 saturated heterocycles. The summed E-state index contributed by atoms with van der Waals surface area (Å²) in [5, 5.41) is 11.3. The number of aliphatic carboxylic acids is 1. The normalized spacial score (nSPS) is 21.9. The van der Waals surface area contributed by atoms with Crippen LogP contribution in [0.25, 0.3) is 0 Å². The van der Waals surface area contributed by atoms with E-state index in [4.69, 9.17) is 5.11 Å². The van der Waals surface area contributed by atoms with Crippen molar-refractivity contribution >= 4 is 29.4 Å². The lowest BCUT2D eigenvalue weighted by Crippen LogP contribution is -2.46. The fraction of sp³-hybridized carbons (Fsp3) is 0.385. The molecule has 2 atom stereocenters. The first-order valence-corrected chi connectivity index (χ1v) is 7.15. The predicted octanol–water partition coefficient (Wildman–Crippen LogP) is 2.51. The maximum Gasteiger partial charge on any atom is 0.327 e. The fourth-order valence-electron chi connectivity index (χ4n) is 2.06. The molecule has 2 rings (SSSR count). The first-order chi connectivity index (χ1) is 9.40. The Morgan fingerprint density at radius 1 is 1.50 bits per heavy atom.